The van der Waals surface area contributed by atoms with Gasteiger partial charge in [-0.15, -0.1) is 5.10 Å². The maximum absolute atomic E-state index is 5.90. The van der Waals surface area contributed by atoms with Crippen LogP contribution in [0.15, 0.2) is 30.3 Å². The molecule has 18 heavy (non-hydrogen) atoms. The molecule has 0 unspecified atom stereocenters. The average Bonchev–Trinajstić information content (AvgIpc) is 2.39. The van der Waals surface area contributed by atoms with Gasteiger partial charge in [0.2, 0.25) is 0 Å². The lowest BCUT2D eigenvalue weighted by molar-refractivity contribution is 0.415. The summed E-state index contributed by atoms with van der Waals surface area (Å²) in [6, 6.07) is 9.75. The second-order valence-electron chi connectivity index (χ2n) is 4.45. The van der Waals surface area contributed by atoms with Crippen LogP contribution in [-0.2, 0) is 0 Å². The first-order valence-electron chi connectivity index (χ1n) is 5.89. The molecule has 0 bridgehead atoms. The van der Waals surface area contributed by atoms with Crippen molar-refractivity contribution in [3.63, 3.8) is 0 Å². The fraction of sp³-hybridized carbons (Fsp3) is 0.286. The lowest BCUT2D eigenvalue weighted by Crippen LogP contribution is -2.02. The Labute approximate surface area is 107 Å². The van der Waals surface area contributed by atoms with Crippen molar-refractivity contribution < 1.29 is 4.74 Å². The highest BCUT2D eigenvalue weighted by Crippen LogP contribution is 2.28. The normalized spacial score (nSPS) is 10.7. The molecule has 0 atom stereocenters. The van der Waals surface area contributed by atoms with Crippen molar-refractivity contribution in [1.82, 2.24) is 10.2 Å². The SMILES string of the molecule is COc1cccc(-c2cc(C(C)C)nnc2N)c1. The summed E-state index contributed by atoms with van der Waals surface area (Å²) in [7, 11) is 1.65. The number of nitrogen functional groups attached to an aromatic ring is 1. The number of nitrogens with zero attached hydrogens (tertiary/aromatic N) is 2. The van der Waals surface area contributed by atoms with Crippen LogP contribution in [0.2, 0.25) is 0 Å². The first-order valence-corrected chi connectivity index (χ1v) is 5.89. The van der Waals surface area contributed by atoms with E-state index in [1.807, 2.05) is 30.3 Å². The summed E-state index contributed by atoms with van der Waals surface area (Å²) in [4.78, 5) is 0. The summed E-state index contributed by atoms with van der Waals surface area (Å²) in [5.74, 6) is 1.56. The molecule has 0 amide bonds. The zero-order chi connectivity index (χ0) is 13.1. The van der Waals surface area contributed by atoms with Gasteiger partial charge in [-0.3, -0.25) is 0 Å². The molecule has 0 radical (unpaired) electrons. The number of anilines is 1. The predicted molar refractivity (Wildman–Crippen MR) is 72.5 cm³/mol. The van der Waals surface area contributed by atoms with E-state index in [4.69, 9.17) is 10.5 Å². The third-order valence-electron chi connectivity index (χ3n) is 2.81. The molecule has 2 N–H and O–H groups in total. The van der Waals surface area contributed by atoms with E-state index in [-0.39, 0.29) is 0 Å². The summed E-state index contributed by atoms with van der Waals surface area (Å²) < 4.78 is 5.22. The van der Waals surface area contributed by atoms with Gasteiger partial charge in [-0.2, -0.15) is 5.10 Å². The van der Waals surface area contributed by atoms with E-state index in [0.29, 0.717) is 11.7 Å². The van der Waals surface area contributed by atoms with E-state index in [1.54, 1.807) is 7.11 Å². The molecule has 0 aliphatic carbocycles. The van der Waals surface area contributed by atoms with Crippen LogP contribution in [0.25, 0.3) is 11.1 Å². The Morgan fingerprint density at radius 3 is 2.61 bits per heavy atom. The quantitative estimate of drug-likeness (QED) is 0.900. The number of methoxy groups -OCH3 is 1. The van der Waals surface area contributed by atoms with E-state index in [2.05, 4.69) is 24.0 Å². The molecule has 0 saturated carbocycles. The highest BCUT2D eigenvalue weighted by molar-refractivity contribution is 5.74. The summed E-state index contributed by atoms with van der Waals surface area (Å²) in [6.07, 6.45) is 0. The number of aromatic nitrogens is 2. The summed E-state index contributed by atoms with van der Waals surface area (Å²) >= 11 is 0. The van der Waals surface area contributed by atoms with Crippen LogP contribution >= 0.6 is 0 Å². The van der Waals surface area contributed by atoms with E-state index in [0.717, 1.165) is 22.6 Å². The van der Waals surface area contributed by atoms with Gasteiger partial charge in [-0.25, -0.2) is 0 Å². The van der Waals surface area contributed by atoms with Crippen molar-refractivity contribution in [3.8, 4) is 16.9 Å². The van der Waals surface area contributed by atoms with Crippen molar-refractivity contribution in [2.45, 2.75) is 19.8 Å². The second kappa shape index (κ2) is 5.04. The van der Waals surface area contributed by atoms with Crippen LogP contribution in [0.3, 0.4) is 0 Å². The molecule has 0 aliphatic heterocycles. The smallest absolute Gasteiger partial charge is 0.153 e. The molecule has 4 nitrogen and oxygen atoms in total. The van der Waals surface area contributed by atoms with Crippen LogP contribution in [0, 0.1) is 0 Å². The molecule has 0 spiro atoms. The Morgan fingerprint density at radius 2 is 1.94 bits per heavy atom. The molecule has 1 aromatic carbocycles. The number of nitrogens with two attached hydrogens (primary N) is 1. The highest BCUT2D eigenvalue weighted by Gasteiger charge is 2.09. The molecule has 0 fully saturated rings. The largest absolute Gasteiger partial charge is 0.497 e. The molecule has 1 aromatic heterocycles. The van der Waals surface area contributed by atoms with Crippen LogP contribution in [0.1, 0.15) is 25.5 Å². The fourth-order valence-electron chi connectivity index (χ4n) is 1.72. The van der Waals surface area contributed by atoms with Crippen LogP contribution in [0.5, 0.6) is 5.75 Å². The molecule has 4 heteroatoms. The van der Waals surface area contributed by atoms with E-state index < -0.39 is 0 Å². The van der Waals surface area contributed by atoms with E-state index >= 15 is 0 Å². The first kappa shape index (κ1) is 12.4. The Bertz CT molecular complexity index is 552. The molecule has 1 heterocycles. The number of rotatable bonds is 3. The molecule has 0 aliphatic rings. The van der Waals surface area contributed by atoms with Gasteiger partial charge in [0.05, 0.1) is 12.8 Å². The van der Waals surface area contributed by atoms with Gasteiger partial charge >= 0.3 is 0 Å². The average molecular weight is 243 g/mol. The molecule has 2 rings (SSSR count). The van der Waals surface area contributed by atoms with Crippen molar-refractivity contribution in [2.75, 3.05) is 12.8 Å². The fourth-order valence-corrected chi connectivity index (χ4v) is 1.72. The number of benzene rings is 1. The Kier molecular flexibility index (Phi) is 3.46. The van der Waals surface area contributed by atoms with Crippen LogP contribution in [0.4, 0.5) is 5.82 Å². The monoisotopic (exact) mass is 243 g/mol. The Balaban J connectivity index is 2.51. The van der Waals surface area contributed by atoms with Crippen molar-refractivity contribution in [1.29, 1.82) is 0 Å². The Morgan fingerprint density at radius 1 is 1.17 bits per heavy atom. The maximum atomic E-state index is 5.90. The number of hydrogen-bond donors (Lipinski definition) is 1. The van der Waals surface area contributed by atoms with Crippen LogP contribution < -0.4 is 10.5 Å². The number of ether oxygens (including phenoxy) is 1. The first-order chi connectivity index (χ1) is 8.61. The minimum absolute atomic E-state index is 0.322. The molecular weight excluding hydrogens is 226 g/mol. The highest BCUT2D eigenvalue weighted by atomic mass is 16.5. The van der Waals surface area contributed by atoms with Gasteiger partial charge in [-0.1, -0.05) is 26.0 Å². The van der Waals surface area contributed by atoms with E-state index in [1.165, 1.54) is 0 Å². The maximum Gasteiger partial charge on any atom is 0.153 e. The van der Waals surface area contributed by atoms with Gasteiger partial charge in [0.1, 0.15) is 5.75 Å². The van der Waals surface area contributed by atoms with E-state index in [9.17, 15) is 0 Å². The van der Waals surface area contributed by atoms with Gasteiger partial charge < -0.3 is 10.5 Å². The zero-order valence-corrected chi connectivity index (χ0v) is 10.8. The molecule has 94 valence electrons. The summed E-state index contributed by atoms with van der Waals surface area (Å²) in [6.45, 7) is 4.16. The van der Waals surface area contributed by atoms with Crippen molar-refractivity contribution in [3.05, 3.63) is 36.0 Å². The van der Waals surface area contributed by atoms with Gasteiger partial charge in [0, 0.05) is 5.56 Å². The van der Waals surface area contributed by atoms with Crippen molar-refractivity contribution in [2.24, 2.45) is 0 Å². The molecule has 2 aromatic rings. The summed E-state index contributed by atoms with van der Waals surface area (Å²) in [5, 5.41) is 8.12. The van der Waals surface area contributed by atoms with Gasteiger partial charge in [0.25, 0.3) is 0 Å². The lowest BCUT2D eigenvalue weighted by atomic mass is 10.0. The third-order valence-corrected chi connectivity index (χ3v) is 2.81. The Hall–Kier alpha value is -2.10. The number of hydrogen-bond acceptors (Lipinski definition) is 4. The predicted octanol–water partition coefficient (Wildman–Crippen LogP) is 2.86. The van der Waals surface area contributed by atoms with Crippen LogP contribution in [-0.4, -0.2) is 17.3 Å². The second-order valence-corrected chi connectivity index (χ2v) is 4.45. The minimum Gasteiger partial charge on any atom is -0.497 e. The molecular formula is C14H17N3O. The lowest BCUT2D eigenvalue weighted by Gasteiger charge is -2.10. The summed E-state index contributed by atoms with van der Waals surface area (Å²) in [5.41, 5.74) is 8.72. The third kappa shape index (κ3) is 2.42. The zero-order valence-electron chi connectivity index (χ0n) is 10.8. The standard InChI is InChI=1S/C14H17N3O/c1-9(2)13-8-12(14(15)17-16-13)10-5-4-6-11(7-10)18-3/h4-9H,1-3H3,(H2,15,17). The minimum atomic E-state index is 0.322. The van der Waals surface area contributed by atoms with Gasteiger partial charge in [-0.05, 0) is 29.7 Å². The van der Waals surface area contributed by atoms with Crippen molar-refractivity contribution >= 4 is 5.82 Å². The van der Waals surface area contributed by atoms with Gasteiger partial charge in [0.15, 0.2) is 5.82 Å². The topological polar surface area (TPSA) is 61.0 Å². The molecule has 0 saturated heterocycles.